The maximum absolute atomic E-state index is 4.85. The molecular weight excluding hydrogens is 384 g/mol. The van der Waals surface area contributed by atoms with E-state index < -0.39 is 0 Å². The van der Waals surface area contributed by atoms with Gasteiger partial charge in [0, 0.05) is 30.4 Å². The number of hydrogen-bond donors (Lipinski definition) is 3. The van der Waals surface area contributed by atoms with Crippen molar-refractivity contribution in [2.24, 2.45) is 16.0 Å². The lowest BCUT2D eigenvalue weighted by molar-refractivity contribution is 0.716. The summed E-state index contributed by atoms with van der Waals surface area (Å²) >= 11 is 1.66. The Morgan fingerprint density at radius 1 is 1.17 bits per heavy atom. The van der Waals surface area contributed by atoms with Crippen LogP contribution in [0, 0.1) is 5.92 Å². The molecule has 0 spiro atoms. The maximum atomic E-state index is 4.85. The van der Waals surface area contributed by atoms with Crippen molar-refractivity contribution in [2.45, 2.75) is 0 Å². The van der Waals surface area contributed by atoms with Crippen LogP contribution < -0.4 is 16.1 Å². The number of H-pyrrole nitrogens is 2. The van der Waals surface area contributed by atoms with Gasteiger partial charge in [0.15, 0.2) is 11.5 Å². The van der Waals surface area contributed by atoms with E-state index in [4.69, 9.17) is 9.98 Å². The van der Waals surface area contributed by atoms with Gasteiger partial charge >= 0.3 is 0 Å². The van der Waals surface area contributed by atoms with Crippen molar-refractivity contribution < 1.29 is 0 Å². The number of aromatic nitrogens is 5. The van der Waals surface area contributed by atoms with E-state index in [1.54, 1.807) is 17.5 Å². The minimum absolute atomic E-state index is 0.279. The molecule has 4 aromatic rings. The van der Waals surface area contributed by atoms with E-state index in [-0.39, 0.29) is 5.92 Å². The highest BCUT2D eigenvalue weighted by molar-refractivity contribution is 7.08. The molecule has 0 saturated carbocycles. The minimum atomic E-state index is 0.279. The van der Waals surface area contributed by atoms with Gasteiger partial charge in [-0.05, 0) is 34.0 Å². The van der Waals surface area contributed by atoms with Crippen molar-refractivity contribution in [3.05, 3.63) is 51.6 Å². The number of rotatable bonds is 3. The Morgan fingerprint density at radius 3 is 3.03 bits per heavy atom. The van der Waals surface area contributed by atoms with Crippen molar-refractivity contribution >= 4 is 34.7 Å². The summed E-state index contributed by atoms with van der Waals surface area (Å²) in [7, 11) is 0. The maximum Gasteiger partial charge on any atom is 0.161 e. The van der Waals surface area contributed by atoms with E-state index in [1.807, 2.05) is 18.5 Å². The van der Waals surface area contributed by atoms with Gasteiger partial charge in [-0.25, -0.2) is 4.98 Å². The Hall–Kier alpha value is -3.59. The number of hydrazone groups is 1. The number of nitrogens with one attached hydrogen (secondary N) is 3. The average Bonchev–Trinajstić information content (AvgIpc) is 3.53. The molecule has 0 fully saturated rings. The zero-order chi connectivity index (χ0) is 19.2. The fraction of sp³-hybridized carbons (Fsp3) is 0.150. The quantitative estimate of drug-likeness (QED) is 0.486. The van der Waals surface area contributed by atoms with Crippen LogP contribution in [0.25, 0.3) is 39.8 Å². The highest BCUT2D eigenvalue weighted by Crippen LogP contribution is 2.29. The molecule has 4 aromatic heterocycles. The van der Waals surface area contributed by atoms with Gasteiger partial charge in [-0.15, -0.1) is 0 Å². The number of fused-ring (bicyclic) bond motifs is 2. The smallest absolute Gasteiger partial charge is 0.161 e. The third-order valence-electron chi connectivity index (χ3n) is 5.24. The van der Waals surface area contributed by atoms with Gasteiger partial charge in [-0.3, -0.25) is 15.1 Å². The molecule has 29 heavy (non-hydrogen) atoms. The summed E-state index contributed by atoms with van der Waals surface area (Å²) in [6.45, 7) is 1.42. The van der Waals surface area contributed by atoms with Crippen LogP contribution in [0.4, 0.5) is 0 Å². The van der Waals surface area contributed by atoms with E-state index in [0.29, 0.717) is 12.4 Å². The van der Waals surface area contributed by atoms with E-state index in [0.717, 1.165) is 45.1 Å². The van der Waals surface area contributed by atoms with Gasteiger partial charge in [0.2, 0.25) is 0 Å². The molecule has 3 N–H and O–H groups in total. The summed E-state index contributed by atoms with van der Waals surface area (Å²) in [5.74, 6) is 0.965. The first-order valence-electron chi connectivity index (χ1n) is 9.29. The van der Waals surface area contributed by atoms with Crippen molar-refractivity contribution in [1.82, 2.24) is 30.6 Å². The molecule has 1 unspecified atom stereocenters. The molecule has 0 bridgehead atoms. The van der Waals surface area contributed by atoms with Crippen LogP contribution in [0.2, 0.25) is 0 Å². The Bertz CT molecular complexity index is 1390. The van der Waals surface area contributed by atoms with Gasteiger partial charge < -0.3 is 10.4 Å². The highest BCUT2D eigenvalue weighted by Gasteiger charge is 2.18. The standard InChI is InChI=1S/C20H16N8S/c1-2-15-18(22-5-11(1)13-6-23-24-7-13)19(28-27-15)20-25-16-9-21-8-14(17(16)26-20)12-3-4-29-10-12/h1-4,6,8-10,13,24,27H,5,7H2,(H,25,26). The lowest BCUT2D eigenvalue weighted by atomic mass is 10.0. The monoisotopic (exact) mass is 400 g/mol. The second-order valence-corrected chi connectivity index (χ2v) is 7.77. The number of hydrogen-bond acceptors (Lipinski definition) is 7. The van der Waals surface area contributed by atoms with Crippen LogP contribution in [-0.4, -0.2) is 44.5 Å². The fourth-order valence-electron chi connectivity index (χ4n) is 3.69. The van der Waals surface area contributed by atoms with E-state index in [2.05, 4.69) is 53.6 Å². The van der Waals surface area contributed by atoms with Crippen LogP contribution in [-0.2, 0) is 0 Å². The van der Waals surface area contributed by atoms with Crippen molar-refractivity contribution in [1.29, 1.82) is 0 Å². The summed E-state index contributed by atoms with van der Waals surface area (Å²) in [4.78, 5) is 17.4. The summed E-state index contributed by atoms with van der Waals surface area (Å²) in [6, 6.07) is 2.08. The summed E-state index contributed by atoms with van der Waals surface area (Å²) in [6.07, 6.45) is 9.73. The van der Waals surface area contributed by atoms with Crippen LogP contribution in [0.5, 0.6) is 0 Å². The molecule has 2 aliphatic heterocycles. The molecule has 8 nitrogen and oxygen atoms in total. The molecule has 142 valence electrons. The minimum Gasteiger partial charge on any atom is -0.335 e. The molecule has 0 aromatic carbocycles. The summed E-state index contributed by atoms with van der Waals surface area (Å²) in [5.41, 5.74) is 8.84. The first-order chi connectivity index (χ1) is 14.4. The van der Waals surface area contributed by atoms with Crippen LogP contribution in [0.3, 0.4) is 0 Å². The number of nitrogens with zero attached hydrogens (tertiary/aromatic N) is 5. The molecule has 0 amide bonds. The lowest BCUT2D eigenvalue weighted by Gasteiger charge is -2.07. The van der Waals surface area contributed by atoms with E-state index in [9.17, 15) is 0 Å². The Kier molecular flexibility index (Phi) is 3.66. The predicted octanol–water partition coefficient (Wildman–Crippen LogP) is 1.62. The number of aromatic amines is 2. The predicted molar refractivity (Wildman–Crippen MR) is 113 cm³/mol. The number of allylic oxidation sites excluding steroid dienone is 1. The Morgan fingerprint density at radius 2 is 2.17 bits per heavy atom. The van der Waals surface area contributed by atoms with Crippen LogP contribution in [0.1, 0.15) is 0 Å². The lowest BCUT2D eigenvalue weighted by Crippen LogP contribution is -2.24. The molecular formula is C20H16N8S. The molecule has 6 rings (SSSR count). The molecule has 6 heterocycles. The largest absolute Gasteiger partial charge is 0.335 e. The number of thiophene rings is 1. The first kappa shape index (κ1) is 16.4. The van der Waals surface area contributed by atoms with Gasteiger partial charge in [0.25, 0.3) is 0 Å². The molecule has 2 aliphatic rings. The summed E-state index contributed by atoms with van der Waals surface area (Å²) < 4.78 is 0. The van der Waals surface area contributed by atoms with Crippen molar-refractivity contribution in [2.75, 3.05) is 13.1 Å². The van der Waals surface area contributed by atoms with Gasteiger partial charge in [-0.2, -0.15) is 21.5 Å². The fourth-order valence-corrected chi connectivity index (χ4v) is 4.35. The second-order valence-electron chi connectivity index (χ2n) is 6.99. The van der Waals surface area contributed by atoms with Crippen molar-refractivity contribution in [3.8, 4) is 22.6 Å². The van der Waals surface area contributed by atoms with Gasteiger partial charge in [-0.1, -0.05) is 6.08 Å². The third-order valence-corrected chi connectivity index (χ3v) is 5.92. The van der Waals surface area contributed by atoms with Gasteiger partial charge in [0.1, 0.15) is 10.9 Å². The summed E-state index contributed by atoms with van der Waals surface area (Å²) in [5, 5.41) is 17.6. The van der Waals surface area contributed by atoms with Crippen LogP contribution >= 0.6 is 11.3 Å². The first-order valence-corrected chi connectivity index (χ1v) is 10.2. The SMILES string of the molecule is C1=NNCC1C1=CC=c2[nH]nc(-c3nc4c(-c5ccsc5)cncc4[nH]3)c2=NC1. The topological polar surface area (TPSA) is 107 Å². The van der Waals surface area contributed by atoms with Gasteiger partial charge in [0.05, 0.1) is 23.6 Å². The Labute approximate surface area is 168 Å². The van der Waals surface area contributed by atoms with E-state index >= 15 is 0 Å². The zero-order valence-corrected chi connectivity index (χ0v) is 16.1. The van der Waals surface area contributed by atoms with E-state index in [1.165, 1.54) is 5.57 Å². The molecule has 0 saturated heterocycles. The van der Waals surface area contributed by atoms with Crippen molar-refractivity contribution in [3.63, 3.8) is 0 Å². The third kappa shape index (κ3) is 2.70. The zero-order valence-electron chi connectivity index (χ0n) is 15.3. The second kappa shape index (κ2) is 6.49. The molecule has 0 aliphatic carbocycles. The molecule has 9 heteroatoms. The molecule has 0 radical (unpaired) electrons. The Balaban J connectivity index is 1.45. The number of imidazole rings is 1. The van der Waals surface area contributed by atoms with Crippen LogP contribution in [0.15, 0.2) is 51.0 Å². The highest BCUT2D eigenvalue weighted by atomic mass is 32.1. The average molecular weight is 400 g/mol. The normalized spacial score (nSPS) is 17.9. The molecule has 1 atom stereocenters. The number of pyridine rings is 1.